The summed E-state index contributed by atoms with van der Waals surface area (Å²) in [6.07, 6.45) is 1.54. The molecule has 2 amide bonds. The summed E-state index contributed by atoms with van der Waals surface area (Å²) in [6.45, 7) is 0.322. The summed E-state index contributed by atoms with van der Waals surface area (Å²) >= 11 is 0. The number of hydrogen-bond acceptors (Lipinski definition) is 4. The SMILES string of the molecule is O=C(N[C@H]1CC(=O)N(c2ccc(F)cc2)C1)c1cnoc1-c1ccccc1. The van der Waals surface area contributed by atoms with Gasteiger partial charge in [-0.1, -0.05) is 35.5 Å². The molecule has 1 atom stereocenters. The summed E-state index contributed by atoms with van der Waals surface area (Å²) in [4.78, 5) is 26.5. The molecule has 0 aliphatic carbocycles. The van der Waals surface area contributed by atoms with Crippen LogP contribution in [0.15, 0.2) is 65.3 Å². The van der Waals surface area contributed by atoms with Gasteiger partial charge in [0.25, 0.3) is 5.91 Å². The van der Waals surface area contributed by atoms with Crippen molar-refractivity contribution in [3.63, 3.8) is 0 Å². The molecular formula is C20H16FN3O3. The van der Waals surface area contributed by atoms with Crippen LogP contribution in [0.1, 0.15) is 16.8 Å². The van der Waals surface area contributed by atoms with Gasteiger partial charge in [-0.3, -0.25) is 9.59 Å². The number of rotatable bonds is 4. The van der Waals surface area contributed by atoms with E-state index >= 15 is 0 Å². The summed E-state index contributed by atoms with van der Waals surface area (Å²) in [5, 5.41) is 6.59. The highest BCUT2D eigenvalue weighted by molar-refractivity contribution is 6.01. The molecule has 2 aromatic carbocycles. The number of anilines is 1. The van der Waals surface area contributed by atoms with Crippen molar-refractivity contribution in [1.82, 2.24) is 10.5 Å². The quantitative estimate of drug-likeness (QED) is 0.771. The first-order valence-electron chi connectivity index (χ1n) is 8.49. The van der Waals surface area contributed by atoms with E-state index < -0.39 is 0 Å². The van der Waals surface area contributed by atoms with E-state index in [9.17, 15) is 14.0 Å². The van der Waals surface area contributed by atoms with Gasteiger partial charge in [-0.15, -0.1) is 0 Å². The van der Waals surface area contributed by atoms with E-state index in [0.717, 1.165) is 5.56 Å². The van der Waals surface area contributed by atoms with Crippen LogP contribution in [0.2, 0.25) is 0 Å². The zero-order valence-electron chi connectivity index (χ0n) is 14.3. The molecule has 0 bridgehead atoms. The Morgan fingerprint density at radius 3 is 2.63 bits per heavy atom. The molecular weight excluding hydrogens is 349 g/mol. The second-order valence-electron chi connectivity index (χ2n) is 6.29. The van der Waals surface area contributed by atoms with Gasteiger partial charge >= 0.3 is 0 Å². The van der Waals surface area contributed by atoms with Gasteiger partial charge in [-0.2, -0.15) is 0 Å². The van der Waals surface area contributed by atoms with Crippen molar-refractivity contribution in [2.24, 2.45) is 0 Å². The average molecular weight is 365 g/mol. The Bertz CT molecular complexity index is 970. The van der Waals surface area contributed by atoms with Gasteiger partial charge in [0, 0.05) is 24.2 Å². The first-order valence-corrected chi connectivity index (χ1v) is 8.49. The maximum Gasteiger partial charge on any atom is 0.257 e. The van der Waals surface area contributed by atoms with Crippen LogP contribution >= 0.6 is 0 Å². The van der Waals surface area contributed by atoms with E-state index in [4.69, 9.17) is 4.52 Å². The Labute approximate surface area is 154 Å². The number of aromatic nitrogens is 1. The molecule has 6 nitrogen and oxygen atoms in total. The van der Waals surface area contributed by atoms with Crippen molar-refractivity contribution in [3.05, 3.63) is 72.2 Å². The smallest absolute Gasteiger partial charge is 0.257 e. The normalized spacial score (nSPS) is 16.6. The second kappa shape index (κ2) is 7.03. The third-order valence-electron chi connectivity index (χ3n) is 4.45. The molecule has 0 saturated carbocycles. The number of carbonyl (C=O) groups excluding carboxylic acids is 2. The third-order valence-corrected chi connectivity index (χ3v) is 4.45. The molecule has 1 aromatic heterocycles. The van der Waals surface area contributed by atoms with Crippen LogP contribution in [-0.4, -0.2) is 29.6 Å². The monoisotopic (exact) mass is 365 g/mol. The molecule has 0 unspecified atom stereocenters. The topological polar surface area (TPSA) is 75.4 Å². The number of carbonyl (C=O) groups is 2. The number of halogens is 1. The molecule has 7 heteroatoms. The van der Waals surface area contributed by atoms with E-state index in [-0.39, 0.29) is 30.1 Å². The molecule has 0 spiro atoms. The Kier molecular flexibility index (Phi) is 4.42. The number of nitrogens with zero attached hydrogens (tertiary/aromatic N) is 2. The highest BCUT2D eigenvalue weighted by atomic mass is 19.1. The van der Waals surface area contributed by atoms with Crippen molar-refractivity contribution >= 4 is 17.5 Å². The van der Waals surface area contributed by atoms with Crippen molar-refractivity contribution < 1.29 is 18.5 Å². The van der Waals surface area contributed by atoms with Crippen LogP contribution in [-0.2, 0) is 4.79 Å². The van der Waals surface area contributed by atoms with Crippen molar-refractivity contribution in [2.45, 2.75) is 12.5 Å². The third kappa shape index (κ3) is 3.44. The molecule has 2 heterocycles. The van der Waals surface area contributed by atoms with Crippen LogP contribution in [0.25, 0.3) is 11.3 Å². The zero-order chi connectivity index (χ0) is 18.8. The lowest BCUT2D eigenvalue weighted by molar-refractivity contribution is -0.117. The molecule has 0 radical (unpaired) electrons. The largest absolute Gasteiger partial charge is 0.355 e. The van der Waals surface area contributed by atoms with Crippen LogP contribution in [0, 0.1) is 5.82 Å². The summed E-state index contributed by atoms with van der Waals surface area (Å²) < 4.78 is 18.3. The number of nitrogens with one attached hydrogen (secondary N) is 1. The van der Waals surface area contributed by atoms with Crippen molar-refractivity contribution in [3.8, 4) is 11.3 Å². The first-order chi connectivity index (χ1) is 13.1. The molecule has 3 aromatic rings. The fourth-order valence-electron chi connectivity index (χ4n) is 3.14. The van der Waals surface area contributed by atoms with E-state index in [1.54, 1.807) is 12.1 Å². The summed E-state index contributed by atoms with van der Waals surface area (Å²) in [6, 6.07) is 14.6. The minimum absolute atomic E-state index is 0.125. The zero-order valence-corrected chi connectivity index (χ0v) is 14.3. The first kappa shape index (κ1) is 17.0. The number of hydrogen-bond donors (Lipinski definition) is 1. The highest BCUT2D eigenvalue weighted by Gasteiger charge is 2.32. The van der Waals surface area contributed by atoms with Crippen molar-refractivity contribution in [1.29, 1.82) is 0 Å². The standard InChI is InChI=1S/C20H16FN3O3/c21-14-6-8-16(9-7-14)24-12-15(10-18(24)25)23-20(26)17-11-22-27-19(17)13-4-2-1-3-5-13/h1-9,11,15H,10,12H2,(H,23,26)/t15-/m0/s1. The Morgan fingerprint density at radius 1 is 1.15 bits per heavy atom. The predicted octanol–water partition coefficient (Wildman–Crippen LogP) is 3.02. The lowest BCUT2D eigenvalue weighted by Crippen LogP contribution is -2.37. The molecule has 4 rings (SSSR count). The Morgan fingerprint density at radius 2 is 1.89 bits per heavy atom. The number of benzene rings is 2. The highest BCUT2D eigenvalue weighted by Crippen LogP contribution is 2.25. The van der Waals surface area contributed by atoms with Crippen LogP contribution in [0.4, 0.5) is 10.1 Å². The maximum absolute atomic E-state index is 13.1. The molecule has 1 N–H and O–H groups in total. The van der Waals surface area contributed by atoms with Crippen LogP contribution in [0.5, 0.6) is 0 Å². The van der Waals surface area contributed by atoms with E-state index in [0.29, 0.717) is 23.6 Å². The molecule has 1 fully saturated rings. The second-order valence-corrected chi connectivity index (χ2v) is 6.29. The van der Waals surface area contributed by atoms with Crippen molar-refractivity contribution in [2.75, 3.05) is 11.4 Å². The fraction of sp³-hybridized carbons (Fsp3) is 0.150. The fourth-order valence-corrected chi connectivity index (χ4v) is 3.14. The molecule has 1 aliphatic rings. The van der Waals surface area contributed by atoms with Gasteiger partial charge in [0.15, 0.2) is 5.76 Å². The van der Waals surface area contributed by atoms with Crippen LogP contribution < -0.4 is 10.2 Å². The van der Waals surface area contributed by atoms with Gasteiger partial charge in [0.1, 0.15) is 11.4 Å². The molecule has 27 heavy (non-hydrogen) atoms. The lowest BCUT2D eigenvalue weighted by atomic mass is 10.1. The summed E-state index contributed by atoms with van der Waals surface area (Å²) in [5.41, 5.74) is 1.66. The Hall–Kier alpha value is -3.48. The van der Waals surface area contributed by atoms with Gasteiger partial charge in [-0.25, -0.2) is 4.39 Å². The van der Waals surface area contributed by atoms with Gasteiger partial charge in [-0.05, 0) is 24.3 Å². The van der Waals surface area contributed by atoms with Gasteiger partial charge in [0.2, 0.25) is 5.91 Å². The summed E-state index contributed by atoms with van der Waals surface area (Å²) in [7, 11) is 0. The van der Waals surface area contributed by atoms with E-state index in [2.05, 4.69) is 10.5 Å². The van der Waals surface area contributed by atoms with Crippen LogP contribution in [0.3, 0.4) is 0 Å². The molecule has 1 aliphatic heterocycles. The predicted molar refractivity (Wildman–Crippen MR) is 96.6 cm³/mol. The summed E-state index contributed by atoms with van der Waals surface area (Å²) in [5.74, 6) is -0.460. The molecule has 136 valence electrons. The lowest BCUT2D eigenvalue weighted by Gasteiger charge is -2.17. The van der Waals surface area contributed by atoms with E-state index in [1.807, 2.05) is 30.3 Å². The minimum Gasteiger partial charge on any atom is -0.355 e. The van der Waals surface area contributed by atoms with Gasteiger partial charge in [0.05, 0.1) is 12.2 Å². The molecule has 1 saturated heterocycles. The Balaban J connectivity index is 1.48. The number of amides is 2. The van der Waals surface area contributed by atoms with E-state index in [1.165, 1.54) is 23.2 Å². The minimum atomic E-state index is -0.365. The van der Waals surface area contributed by atoms with Gasteiger partial charge < -0.3 is 14.7 Å². The maximum atomic E-state index is 13.1. The average Bonchev–Trinajstić information content (AvgIpc) is 3.30.